The molecule has 4 nitrogen and oxygen atoms in total. The molecule has 1 unspecified atom stereocenters. The quantitative estimate of drug-likeness (QED) is 0.831. The van der Waals surface area contributed by atoms with Crippen LogP contribution in [0.3, 0.4) is 0 Å². The first kappa shape index (κ1) is 17.3. The van der Waals surface area contributed by atoms with Crippen molar-refractivity contribution in [3.05, 3.63) is 30.1 Å². The van der Waals surface area contributed by atoms with Crippen molar-refractivity contribution in [3.63, 3.8) is 0 Å². The fourth-order valence-electron chi connectivity index (χ4n) is 3.40. The number of benzene rings is 1. The van der Waals surface area contributed by atoms with Gasteiger partial charge in [0, 0.05) is 25.4 Å². The lowest BCUT2D eigenvalue weighted by atomic mass is 9.96. The minimum atomic E-state index is -0.295. The second kappa shape index (κ2) is 7.55. The number of hydrogen-bond acceptors (Lipinski definition) is 3. The van der Waals surface area contributed by atoms with Crippen LogP contribution >= 0.6 is 11.8 Å². The van der Waals surface area contributed by atoms with Crippen LogP contribution in [0.2, 0.25) is 0 Å². The van der Waals surface area contributed by atoms with Gasteiger partial charge in [-0.1, -0.05) is 31.0 Å². The van der Waals surface area contributed by atoms with Gasteiger partial charge in [-0.15, -0.1) is 0 Å². The van der Waals surface area contributed by atoms with Crippen molar-refractivity contribution < 1.29 is 9.18 Å². The summed E-state index contributed by atoms with van der Waals surface area (Å²) in [5, 5.41) is 1.01. The Kier molecular flexibility index (Phi) is 5.43. The van der Waals surface area contributed by atoms with Crippen LogP contribution in [-0.4, -0.2) is 41.0 Å². The molecule has 1 aromatic carbocycles. The largest absolute Gasteiger partial charge is 0.333 e. The van der Waals surface area contributed by atoms with Crippen LogP contribution in [0.15, 0.2) is 29.3 Å². The third-order valence-electron chi connectivity index (χ3n) is 4.72. The second-order valence-corrected chi connectivity index (χ2v) is 7.46. The van der Waals surface area contributed by atoms with E-state index in [1.54, 1.807) is 35.7 Å². The van der Waals surface area contributed by atoms with E-state index in [9.17, 15) is 9.18 Å². The van der Waals surface area contributed by atoms with Crippen molar-refractivity contribution in [2.45, 2.75) is 51.2 Å². The molecule has 0 radical (unpaired) electrons. The highest BCUT2D eigenvalue weighted by Gasteiger charge is 2.34. The zero-order valence-corrected chi connectivity index (χ0v) is 15.1. The van der Waals surface area contributed by atoms with Gasteiger partial charge in [-0.2, -0.15) is 0 Å². The molecule has 1 saturated carbocycles. The van der Waals surface area contributed by atoms with E-state index in [1.807, 2.05) is 7.05 Å². The number of carbonyl (C=O) groups is 1. The number of amidine groups is 1. The van der Waals surface area contributed by atoms with E-state index in [0.717, 1.165) is 29.4 Å². The van der Waals surface area contributed by atoms with Crippen LogP contribution in [0.4, 0.5) is 10.1 Å². The van der Waals surface area contributed by atoms with Crippen molar-refractivity contribution in [1.82, 2.24) is 4.90 Å². The Morgan fingerprint density at radius 2 is 1.92 bits per heavy atom. The number of thioether (sulfide) groups is 1. The van der Waals surface area contributed by atoms with Crippen LogP contribution in [0, 0.1) is 5.82 Å². The SMILES string of the molecule is CC(=O)N(c1ccc(F)cc1)C1CSC(=NC2CCCCC2)N1C. The van der Waals surface area contributed by atoms with Crippen molar-refractivity contribution >= 4 is 28.5 Å². The Labute approximate surface area is 147 Å². The van der Waals surface area contributed by atoms with Gasteiger partial charge in [0.05, 0.1) is 6.04 Å². The molecule has 1 amide bonds. The molecular formula is C18H24FN3OS. The van der Waals surface area contributed by atoms with Crippen LogP contribution in [0.1, 0.15) is 39.0 Å². The normalized spacial score (nSPS) is 23.7. The maximum atomic E-state index is 13.2. The van der Waals surface area contributed by atoms with E-state index < -0.39 is 0 Å². The minimum Gasteiger partial charge on any atom is -0.333 e. The predicted octanol–water partition coefficient (Wildman–Crippen LogP) is 3.87. The first-order chi connectivity index (χ1) is 11.6. The Morgan fingerprint density at radius 1 is 1.25 bits per heavy atom. The number of halogens is 1. The van der Waals surface area contributed by atoms with Crippen LogP contribution in [0.5, 0.6) is 0 Å². The standard InChI is InChI=1S/C18H24FN3OS/c1-13(23)22(16-10-8-14(19)9-11-16)17-12-24-18(21(17)2)20-15-6-4-3-5-7-15/h8-11,15,17H,3-7,12H2,1-2H3. The zero-order chi connectivity index (χ0) is 17.1. The average Bonchev–Trinajstić information content (AvgIpc) is 2.91. The van der Waals surface area contributed by atoms with Gasteiger partial charge in [-0.3, -0.25) is 14.7 Å². The van der Waals surface area contributed by atoms with Crippen LogP contribution in [-0.2, 0) is 4.79 Å². The summed E-state index contributed by atoms with van der Waals surface area (Å²) >= 11 is 1.70. The maximum Gasteiger partial charge on any atom is 0.225 e. The fourth-order valence-corrected chi connectivity index (χ4v) is 4.62. The summed E-state index contributed by atoms with van der Waals surface area (Å²) in [5.74, 6) is 0.438. The molecular weight excluding hydrogens is 325 g/mol. The summed E-state index contributed by atoms with van der Waals surface area (Å²) in [6.45, 7) is 1.55. The Bertz CT molecular complexity index is 613. The monoisotopic (exact) mass is 349 g/mol. The van der Waals surface area contributed by atoms with E-state index in [0.29, 0.717) is 6.04 Å². The Hall–Kier alpha value is -1.56. The minimum absolute atomic E-state index is 0.0435. The Morgan fingerprint density at radius 3 is 2.54 bits per heavy atom. The molecule has 0 aromatic heterocycles. The van der Waals surface area contributed by atoms with Gasteiger partial charge in [0.25, 0.3) is 0 Å². The molecule has 1 aliphatic heterocycles. The van der Waals surface area contributed by atoms with Crippen LogP contribution < -0.4 is 4.90 Å². The molecule has 0 bridgehead atoms. The molecule has 6 heteroatoms. The molecule has 1 aromatic rings. The summed E-state index contributed by atoms with van der Waals surface area (Å²) in [4.78, 5) is 21.0. The number of hydrogen-bond donors (Lipinski definition) is 0. The van der Waals surface area contributed by atoms with Gasteiger partial charge in [0.2, 0.25) is 5.91 Å². The second-order valence-electron chi connectivity index (χ2n) is 6.47. The number of nitrogens with zero attached hydrogens (tertiary/aromatic N) is 3. The van der Waals surface area contributed by atoms with Gasteiger partial charge in [0.1, 0.15) is 12.0 Å². The highest BCUT2D eigenvalue weighted by Crippen LogP contribution is 2.31. The molecule has 130 valence electrons. The third kappa shape index (κ3) is 3.74. The predicted molar refractivity (Wildman–Crippen MR) is 97.9 cm³/mol. The van der Waals surface area contributed by atoms with Crippen molar-refractivity contribution in [1.29, 1.82) is 0 Å². The molecule has 2 aliphatic rings. The summed E-state index contributed by atoms with van der Waals surface area (Å²) in [7, 11) is 1.99. The number of carbonyl (C=O) groups excluding carboxylic acids is 1. The van der Waals surface area contributed by atoms with Crippen molar-refractivity contribution in [2.75, 3.05) is 17.7 Å². The lowest BCUT2D eigenvalue weighted by Gasteiger charge is -2.33. The first-order valence-electron chi connectivity index (χ1n) is 8.55. The maximum absolute atomic E-state index is 13.2. The summed E-state index contributed by atoms with van der Waals surface area (Å²) < 4.78 is 13.2. The molecule has 24 heavy (non-hydrogen) atoms. The molecule has 1 heterocycles. The number of anilines is 1. The van der Waals surface area contributed by atoms with E-state index in [-0.39, 0.29) is 17.9 Å². The average molecular weight is 349 g/mol. The molecule has 1 saturated heterocycles. The lowest BCUT2D eigenvalue weighted by Crippen LogP contribution is -2.48. The van der Waals surface area contributed by atoms with E-state index in [2.05, 4.69) is 4.90 Å². The first-order valence-corrected chi connectivity index (χ1v) is 9.53. The van der Waals surface area contributed by atoms with E-state index in [4.69, 9.17) is 4.99 Å². The van der Waals surface area contributed by atoms with E-state index >= 15 is 0 Å². The third-order valence-corrected chi connectivity index (χ3v) is 5.84. The molecule has 1 atom stereocenters. The van der Waals surface area contributed by atoms with Crippen molar-refractivity contribution in [2.24, 2.45) is 4.99 Å². The molecule has 1 aliphatic carbocycles. The smallest absolute Gasteiger partial charge is 0.225 e. The Balaban J connectivity index is 1.78. The molecule has 0 spiro atoms. The molecule has 0 N–H and O–H groups in total. The molecule has 2 fully saturated rings. The van der Waals surface area contributed by atoms with Gasteiger partial charge >= 0.3 is 0 Å². The van der Waals surface area contributed by atoms with Gasteiger partial charge < -0.3 is 4.90 Å². The number of amides is 1. The van der Waals surface area contributed by atoms with E-state index in [1.165, 1.54) is 31.4 Å². The highest BCUT2D eigenvalue weighted by molar-refractivity contribution is 8.14. The van der Waals surface area contributed by atoms with Crippen LogP contribution in [0.25, 0.3) is 0 Å². The highest BCUT2D eigenvalue weighted by atomic mass is 32.2. The number of rotatable bonds is 3. The summed E-state index contributed by atoms with van der Waals surface area (Å²) in [5.41, 5.74) is 0.722. The summed E-state index contributed by atoms with van der Waals surface area (Å²) in [6, 6.07) is 6.52. The lowest BCUT2D eigenvalue weighted by molar-refractivity contribution is -0.117. The zero-order valence-electron chi connectivity index (χ0n) is 14.2. The van der Waals surface area contributed by atoms with Crippen molar-refractivity contribution in [3.8, 4) is 0 Å². The van der Waals surface area contributed by atoms with Gasteiger partial charge in [-0.25, -0.2) is 4.39 Å². The fraction of sp³-hybridized carbons (Fsp3) is 0.556. The van der Waals surface area contributed by atoms with Gasteiger partial charge in [0.15, 0.2) is 5.17 Å². The topological polar surface area (TPSA) is 35.9 Å². The molecule has 3 rings (SSSR count). The summed E-state index contributed by atoms with van der Waals surface area (Å²) in [6.07, 6.45) is 6.08. The van der Waals surface area contributed by atoms with Gasteiger partial charge in [-0.05, 0) is 37.1 Å². The number of aliphatic imine (C=N–C) groups is 1.